The molecule has 212 valence electrons. The largest absolute Gasteiger partial charge is 0.352 e. The van der Waals surface area contributed by atoms with Crippen LogP contribution in [0.1, 0.15) is 44.6 Å². The van der Waals surface area contributed by atoms with E-state index in [1.54, 1.807) is 67.6 Å². The minimum atomic E-state index is -4.15. The quantitative estimate of drug-likeness (QED) is 0.306. The Morgan fingerprint density at radius 1 is 0.925 bits per heavy atom. The van der Waals surface area contributed by atoms with E-state index < -0.39 is 28.5 Å². The molecule has 0 aromatic heterocycles. The van der Waals surface area contributed by atoms with Crippen LogP contribution in [0.5, 0.6) is 0 Å². The maximum absolute atomic E-state index is 14.0. The van der Waals surface area contributed by atoms with E-state index in [0.717, 1.165) is 36.4 Å². The molecular formula is C30H33Cl2N3O4S. The molecule has 1 aliphatic rings. The van der Waals surface area contributed by atoms with E-state index in [2.05, 4.69) is 5.32 Å². The molecule has 7 nitrogen and oxygen atoms in total. The van der Waals surface area contributed by atoms with E-state index >= 15 is 0 Å². The molecule has 1 saturated carbocycles. The number of hydrogen-bond acceptors (Lipinski definition) is 4. The zero-order valence-electron chi connectivity index (χ0n) is 22.3. The lowest BCUT2D eigenvalue weighted by Gasteiger charge is -2.33. The Balaban J connectivity index is 1.67. The zero-order valence-corrected chi connectivity index (χ0v) is 24.6. The summed E-state index contributed by atoms with van der Waals surface area (Å²) in [5.41, 5.74) is 0.886. The first kappa shape index (κ1) is 29.9. The number of sulfonamides is 1. The molecule has 3 aromatic carbocycles. The number of halogens is 2. The number of amides is 2. The van der Waals surface area contributed by atoms with Crippen molar-refractivity contribution in [2.45, 2.75) is 62.6 Å². The molecule has 10 heteroatoms. The molecule has 0 radical (unpaired) electrons. The van der Waals surface area contributed by atoms with Crippen LogP contribution in [-0.2, 0) is 26.2 Å². The molecule has 0 saturated heterocycles. The average Bonchev–Trinajstić information content (AvgIpc) is 2.96. The topological polar surface area (TPSA) is 86.8 Å². The van der Waals surface area contributed by atoms with Crippen LogP contribution in [0.15, 0.2) is 83.8 Å². The highest BCUT2D eigenvalue weighted by molar-refractivity contribution is 7.92. The van der Waals surface area contributed by atoms with E-state index in [1.165, 1.54) is 23.1 Å². The fraction of sp³-hybridized carbons (Fsp3) is 0.333. The van der Waals surface area contributed by atoms with Crippen molar-refractivity contribution in [2.24, 2.45) is 0 Å². The lowest BCUT2D eigenvalue weighted by atomic mass is 9.95. The Hall–Kier alpha value is -3.07. The molecule has 1 unspecified atom stereocenters. The summed E-state index contributed by atoms with van der Waals surface area (Å²) < 4.78 is 28.6. The zero-order chi connectivity index (χ0) is 28.7. The Kier molecular flexibility index (Phi) is 10.1. The Morgan fingerprint density at radius 3 is 2.27 bits per heavy atom. The number of anilines is 1. The van der Waals surface area contributed by atoms with E-state index in [-0.39, 0.29) is 29.1 Å². The van der Waals surface area contributed by atoms with Crippen LogP contribution in [0, 0.1) is 0 Å². The normalized spacial score (nSPS) is 14.8. The molecule has 1 N–H and O–H groups in total. The SMILES string of the molecule is CC(C(=O)NC1CCCCC1)N(Cc1ccccc1Cl)C(=O)CN(c1cccc(Cl)c1)S(=O)(=O)c1ccccc1. The van der Waals surface area contributed by atoms with Gasteiger partial charge in [-0.2, -0.15) is 0 Å². The first-order valence-electron chi connectivity index (χ1n) is 13.3. The van der Waals surface area contributed by atoms with Gasteiger partial charge in [0.1, 0.15) is 12.6 Å². The fourth-order valence-corrected chi connectivity index (χ4v) is 6.65. The van der Waals surface area contributed by atoms with Gasteiger partial charge in [0.15, 0.2) is 0 Å². The highest BCUT2D eigenvalue weighted by Crippen LogP contribution is 2.27. The van der Waals surface area contributed by atoms with E-state index in [0.29, 0.717) is 15.6 Å². The summed E-state index contributed by atoms with van der Waals surface area (Å²) in [5, 5.41) is 3.86. The molecule has 4 rings (SSSR count). The summed E-state index contributed by atoms with van der Waals surface area (Å²) in [4.78, 5) is 28.8. The van der Waals surface area contributed by atoms with Gasteiger partial charge in [0.2, 0.25) is 11.8 Å². The van der Waals surface area contributed by atoms with Crippen LogP contribution in [0.3, 0.4) is 0 Å². The van der Waals surface area contributed by atoms with Crippen LogP contribution in [0.4, 0.5) is 5.69 Å². The molecule has 40 heavy (non-hydrogen) atoms. The molecule has 3 aromatic rings. The average molecular weight is 603 g/mol. The van der Waals surface area contributed by atoms with Gasteiger partial charge in [-0.15, -0.1) is 0 Å². The van der Waals surface area contributed by atoms with Crippen molar-refractivity contribution in [2.75, 3.05) is 10.8 Å². The third-order valence-corrected chi connectivity index (χ3v) is 9.52. The molecular weight excluding hydrogens is 569 g/mol. The van der Waals surface area contributed by atoms with Gasteiger partial charge >= 0.3 is 0 Å². The Morgan fingerprint density at radius 2 is 1.60 bits per heavy atom. The summed E-state index contributed by atoms with van der Waals surface area (Å²) in [5.74, 6) is -0.835. The first-order chi connectivity index (χ1) is 19.2. The van der Waals surface area contributed by atoms with Crippen molar-refractivity contribution < 1.29 is 18.0 Å². The van der Waals surface area contributed by atoms with Gasteiger partial charge in [0, 0.05) is 22.6 Å². The molecule has 0 spiro atoms. The summed E-state index contributed by atoms with van der Waals surface area (Å²) in [7, 11) is -4.15. The molecule has 1 aliphatic carbocycles. The third kappa shape index (κ3) is 7.36. The van der Waals surface area contributed by atoms with Crippen molar-refractivity contribution in [3.8, 4) is 0 Å². The van der Waals surface area contributed by atoms with Gasteiger partial charge in [-0.1, -0.05) is 84.9 Å². The highest BCUT2D eigenvalue weighted by atomic mass is 35.5. The fourth-order valence-electron chi connectivity index (χ4n) is 4.84. The Bertz CT molecular complexity index is 1430. The number of benzene rings is 3. The molecule has 1 atom stereocenters. The van der Waals surface area contributed by atoms with Gasteiger partial charge in [0.05, 0.1) is 10.6 Å². The van der Waals surface area contributed by atoms with Crippen molar-refractivity contribution in [1.29, 1.82) is 0 Å². The van der Waals surface area contributed by atoms with Crippen molar-refractivity contribution in [3.05, 3.63) is 94.5 Å². The monoisotopic (exact) mass is 601 g/mol. The number of nitrogens with one attached hydrogen (secondary N) is 1. The summed E-state index contributed by atoms with van der Waals surface area (Å²) in [6, 6.07) is 20.5. The van der Waals surface area contributed by atoms with E-state index in [9.17, 15) is 18.0 Å². The standard InChI is InChI=1S/C30H33Cl2N3O4S/c1-22(30(37)33-25-13-4-2-5-14-25)34(20-23-11-8-9-18-28(23)32)29(36)21-35(26-15-10-12-24(31)19-26)40(38,39)27-16-6-3-7-17-27/h3,6-12,15-19,22,25H,2,4-5,13-14,20-21H2,1H3,(H,33,37). The predicted molar refractivity (Wildman–Crippen MR) is 159 cm³/mol. The van der Waals surface area contributed by atoms with Crippen LogP contribution >= 0.6 is 23.2 Å². The van der Waals surface area contributed by atoms with Crippen molar-refractivity contribution in [3.63, 3.8) is 0 Å². The molecule has 1 fully saturated rings. The van der Waals surface area contributed by atoms with Crippen molar-refractivity contribution in [1.82, 2.24) is 10.2 Å². The lowest BCUT2D eigenvalue weighted by Crippen LogP contribution is -2.53. The van der Waals surface area contributed by atoms with E-state index in [1.807, 2.05) is 0 Å². The molecule has 0 bridgehead atoms. The van der Waals surface area contributed by atoms with Crippen LogP contribution in [-0.4, -0.2) is 43.8 Å². The maximum atomic E-state index is 14.0. The van der Waals surface area contributed by atoms with Gasteiger partial charge < -0.3 is 10.2 Å². The molecule has 2 amide bonds. The van der Waals surface area contributed by atoms with Gasteiger partial charge in [-0.3, -0.25) is 13.9 Å². The molecule has 0 heterocycles. The third-order valence-electron chi connectivity index (χ3n) is 7.12. The summed E-state index contributed by atoms with van der Waals surface area (Å²) in [6.45, 7) is 1.15. The maximum Gasteiger partial charge on any atom is 0.264 e. The number of rotatable bonds is 10. The number of carbonyl (C=O) groups excluding carboxylic acids is 2. The van der Waals surface area contributed by atoms with Crippen LogP contribution < -0.4 is 9.62 Å². The predicted octanol–water partition coefficient (Wildman–Crippen LogP) is 6.05. The van der Waals surface area contributed by atoms with Gasteiger partial charge in [-0.05, 0) is 61.7 Å². The van der Waals surface area contributed by atoms with Gasteiger partial charge in [0.25, 0.3) is 10.0 Å². The van der Waals surface area contributed by atoms with Crippen LogP contribution in [0.25, 0.3) is 0 Å². The van der Waals surface area contributed by atoms with Crippen molar-refractivity contribution >= 4 is 50.7 Å². The minimum absolute atomic E-state index is 0.0310. The second kappa shape index (κ2) is 13.5. The number of nitrogens with zero attached hydrogens (tertiary/aromatic N) is 2. The summed E-state index contributed by atoms with van der Waals surface area (Å²) in [6.07, 6.45) is 5.04. The first-order valence-corrected chi connectivity index (χ1v) is 15.5. The van der Waals surface area contributed by atoms with E-state index in [4.69, 9.17) is 23.2 Å². The second-order valence-electron chi connectivity index (χ2n) is 9.94. The van der Waals surface area contributed by atoms with Crippen LogP contribution in [0.2, 0.25) is 10.0 Å². The Labute approximate surface area is 246 Å². The van der Waals surface area contributed by atoms with Gasteiger partial charge in [-0.25, -0.2) is 8.42 Å². The minimum Gasteiger partial charge on any atom is -0.352 e. The summed E-state index contributed by atoms with van der Waals surface area (Å²) >= 11 is 12.6. The lowest BCUT2D eigenvalue weighted by molar-refractivity contribution is -0.139. The number of carbonyl (C=O) groups is 2. The smallest absolute Gasteiger partial charge is 0.264 e. The highest BCUT2D eigenvalue weighted by Gasteiger charge is 2.33. The number of hydrogen-bond donors (Lipinski definition) is 1. The molecule has 0 aliphatic heterocycles. The second-order valence-corrected chi connectivity index (χ2v) is 12.6.